The van der Waals surface area contributed by atoms with E-state index in [4.69, 9.17) is 0 Å². The summed E-state index contributed by atoms with van der Waals surface area (Å²) in [5, 5.41) is 12.7. The maximum atomic E-state index is 14.0. The standard InChI is InChI=1S/C17H20NO2P/c1-4-18(19)17(2,3)21(20,15-11-7-5-8-12-15)16-13-9-6-10-14-16/h4-14H,1-3H3/b18-4-. The minimum absolute atomic E-state index is 0.698. The second kappa shape index (κ2) is 5.87. The molecule has 0 amide bonds. The molecule has 0 fully saturated rings. The van der Waals surface area contributed by atoms with E-state index in [0.717, 1.165) is 4.74 Å². The molecule has 2 aromatic rings. The van der Waals surface area contributed by atoms with Crippen LogP contribution in [0.15, 0.2) is 60.7 Å². The monoisotopic (exact) mass is 301 g/mol. The normalized spacial score (nSPS) is 13.2. The van der Waals surface area contributed by atoms with Gasteiger partial charge in [-0.25, -0.2) is 4.74 Å². The van der Waals surface area contributed by atoms with Gasteiger partial charge in [-0.15, -0.1) is 0 Å². The number of hydroxylamine groups is 1. The van der Waals surface area contributed by atoms with Gasteiger partial charge in [0.05, 0.1) is 0 Å². The Bertz CT molecular complexity index is 635. The molecule has 0 spiro atoms. The summed E-state index contributed by atoms with van der Waals surface area (Å²) in [6.07, 6.45) is 1.43. The lowest BCUT2D eigenvalue weighted by Gasteiger charge is -2.33. The highest BCUT2D eigenvalue weighted by molar-refractivity contribution is 7.79. The Morgan fingerprint density at radius 2 is 1.33 bits per heavy atom. The number of rotatable bonds is 4. The summed E-state index contributed by atoms with van der Waals surface area (Å²) in [6.45, 7) is 5.14. The van der Waals surface area contributed by atoms with Crippen LogP contribution in [0.25, 0.3) is 0 Å². The highest BCUT2D eigenvalue weighted by Crippen LogP contribution is 2.55. The van der Waals surface area contributed by atoms with E-state index in [1.54, 1.807) is 20.8 Å². The van der Waals surface area contributed by atoms with E-state index in [-0.39, 0.29) is 0 Å². The number of nitrogens with zero attached hydrogens (tertiary/aromatic N) is 1. The smallest absolute Gasteiger partial charge is 0.224 e. The predicted molar refractivity (Wildman–Crippen MR) is 89.2 cm³/mol. The van der Waals surface area contributed by atoms with E-state index in [9.17, 15) is 9.77 Å². The van der Waals surface area contributed by atoms with E-state index >= 15 is 0 Å². The summed E-state index contributed by atoms with van der Waals surface area (Å²) in [6, 6.07) is 18.5. The molecule has 0 N–H and O–H groups in total. The Kier molecular flexibility index (Phi) is 4.34. The Morgan fingerprint density at radius 3 is 1.67 bits per heavy atom. The zero-order chi connectivity index (χ0) is 15.5. The fraction of sp³-hybridized carbons (Fsp3) is 0.235. The first-order chi connectivity index (χ1) is 9.94. The summed E-state index contributed by atoms with van der Waals surface area (Å²) in [5.41, 5.74) is 0. The lowest BCUT2D eigenvalue weighted by Crippen LogP contribution is -2.40. The molecule has 0 atom stereocenters. The van der Waals surface area contributed by atoms with Gasteiger partial charge in [0, 0.05) is 31.4 Å². The quantitative estimate of drug-likeness (QED) is 0.286. The molecule has 4 heteroatoms. The molecule has 2 rings (SSSR count). The first kappa shape index (κ1) is 15.5. The van der Waals surface area contributed by atoms with Crippen LogP contribution in [0.5, 0.6) is 0 Å². The van der Waals surface area contributed by atoms with Gasteiger partial charge in [0.1, 0.15) is 6.21 Å². The SMILES string of the molecule is C/C=[N+](\[O-])C(C)(C)P(=O)(c1ccccc1)c1ccccc1. The number of hydrogen-bond donors (Lipinski definition) is 0. The highest BCUT2D eigenvalue weighted by atomic mass is 31.2. The Morgan fingerprint density at radius 1 is 0.952 bits per heavy atom. The molecule has 110 valence electrons. The van der Waals surface area contributed by atoms with Gasteiger partial charge in [0.15, 0.2) is 0 Å². The molecule has 0 aliphatic carbocycles. The first-order valence-electron chi connectivity index (χ1n) is 6.92. The molecule has 3 nitrogen and oxygen atoms in total. The van der Waals surface area contributed by atoms with Crippen molar-refractivity contribution in [1.29, 1.82) is 0 Å². The third-order valence-corrected chi connectivity index (χ3v) is 7.57. The lowest BCUT2D eigenvalue weighted by atomic mass is 10.3. The second-order valence-corrected chi connectivity index (χ2v) is 8.70. The van der Waals surface area contributed by atoms with Gasteiger partial charge in [0.2, 0.25) is 12.4 Å². The molecule has 0 bridgehead atoms. The van der Waals surface area contributed by atoms with Gasteiger partial charge in [-0.2, -0.15) is 0 Å². The van der Waals surface area contributed by atoms with Crippen LogP contribution in [-0.2, 0) is 4.57 Å². The second-order valence-electron chi connectivity index (χ2n) is 5.36. The van der Waals surface area contributed by atoms with Crippen LogP contribution >= 0.6 is 7.14 Å². The van der Waals surface area contributed by atoms with Crippen molar-refractivity contribution in [2.75, 3.05) is 0 Å². The molecule has 0 heterocycles. The fourth-order valence-corrected chi connectivity index (χ4v) is 5.65. The van der Waals surface area contributed by atoms with Crippen molar-refractivity contribution < 1.29 is 9.30 Å². The van der Waals surface area contributed by atoms with Gasteiger partial charge in [-0.3, -0.25) is 0 Å². The molecular weight excluding hydrogens is 281 g/mol. The van der Waals surface area contributed by atoms with E-state index in [0.29, 0.717) is 10.6 Å². The molecule has 21 heavy (non-hydrogen) atoms. The van der Waals surface area contributed by atoms with Crippen LogP contribution in [0.2, 0.25) is 0 Å². The first-order valence-corrected chi connectivity index (χ1v) is 8.62. The van der Waals surface area contributed by atoms with Crippen molar-refractivity contribution in [3.63, 3.8) is 0 Å². The molecule has 0 unspecified atom stereocenters. The highest BCUT2D eigenvalue weighted by Gasteiger charge is 2.49. The van der Waals surface area contributed by atoms with Crippen molar-refractivity contribution in [1.82, 2.24) is 0 Å². The van der Waals surface area contributed by atoms with Crippen LogP contribution in [-0.4, -0.2) is 16.2 Å². The zero-order valence-corrected chi connectivity index (χ0v) is 13.5. The minimum atomic E-state index is -3.12. The summed E-state index contributed by atoms with van der Waals surface area (Å²) in [7, 11) is -3.12. The Labute approximate surface area is 125 Å². The minimum Gasteiger partial charge on any atom is -0.623 e. The van der Waals surface area contributed by atoms with E-state index in [1.165, 1.54) is 6.21 Å². The number of hydrogen-bond acceptors (Lipinski definition) is 2. The summed E-state index contributed by atoms with van der Waals surface area (Å²) in [5.74, 6) is 0. The van der Waals surface area contributed by atoms with Gasteiger partial charge in [0.25, 0.3) is 0 Å². The Balaban J connectivity index is 2.76. The van der Waals surface area contributed by atoms with Gasteiger partial charge in [-0.1, -0.05) is 60.7 Å². The summed E-state index contributed by atoms with van der Waals surface area (Å²) >= 11 is 0. The molecular formula is C17H20NO2P. The molecule has 0 aromatic heterocycles. The third-order valence-electron chi connectivity index (χ3n) is 3.78. The molecule has 0 saturated carbocycles. The maximum Gasteiger partial charge on any atom is 0.224 e. The summed E-state index contributed by atoms with van der Waals surface area (Å²) in [4.78, 5) is 0. The van der Waals surface area contributed by atoms with Crippen LogP contribution < -0.4 is 10.6 Å². The van der Waals surface area contributed by atoms with Gasteiger partial charge < -0.3 is 9.77 Å². The van der Waals surface area contributed by atoms with Crippen LogP contribution in [0.3, 0.4) is 0 Å². The van der Waals surface area contributed by atoms with Crippen LogP contribution in [0.1, 0.15) is 20.8 Å². The molecule has 0 aliphatic rings. The van der Waals surface area contributed by atoms with Crippen molar-refractivity contribution in [2.45, 2.75) is 26.1 Å². The van der Waals surface area contributed by atoms with Crippen LogP contribution in [0, 0.1) is 5.21 Å². The van der Waals surface area contributed by atoms with E-state index in [1.807, 2.05) is 60.7 Å². The van der Waals surface area contributed by atoms with E-state index in [2.05, 4.69) is 0 Å². The predicted octanol–water partition coefficient (Wildman–Crippen LogP) is 3.34. The summed E-state index contributed by atoms with van der Waals surface area (Å²) < 4.78 is 14.8. The molecule has 0 radical (unpaired) electrons. The van der Waals surface area contributed by atoms with E-state index < -0.39 is 12.4 Å². The Hall–Kier alpha value is -1.86. The van der Waals surface area contributed by atoms with Gasteiger partial charge >= 0.3 is 0 Å². The average Bonchev–Trinajstić information content (AvgIpc) is 2.54. The molecule has 0 aliphatic heterocycles. The average molecular weight is 301 g/mol. The van der Waals surface area contributed by atoms with Gasteiger partial charge in [-0.05, 0) is 0 Å². The zero-order valence-electron chi connectivity index (χ0n) is 12.6. The fourth-order valence-electron chi connectivity index (χ4n) is 2.51. The maximum absolute atomic E-state index is 14.0. The molecule has 2 aromatic carbocycles. The third kappa shape index (κ3) is 2.54. The van der Waals surface area contributed by atoms with Crippen molar-refractivity contribution >= 4 is 24.0 Å². The van der Waals surface area contributed by atoms with Crippen molar-refractivity contribution in [3.05, 3.63) is 65.9 Å². The van der Waals surface area contributed by atoms with Crippen molar-refractivity contribution in [2.24, 2.45) is 0 Å². The molecule has 0 saturated heterocycles. The largest absolute Gasteiger partial charge is 0.623 e. The number of benzene rings is 2. The lowest BCUT2D eigenvalue weighted by molar-refractivity contribution is -0.507. The van der Waals surface area contributed by atoms with Crippen LogP contribution in [0.4, 0.5) is 0 Å². The van der Waals surface area contributed by atoms with Crippen molar-refractivity contribution in [3.8, 4) is 0 Å². The topological polar surface area (TPSA) is 43.1 Å².